The van der Waals surface area contributed by atoms with Crippen LogP contribution in [0.25, 0.3) is 0 Å². The van der Waals surface area contributed by atoms with Crippen molar-refractivity contribution in [2.75, 3.05) is 11.4 Å². The van der Waals surface area contributed by atoms with Crippen molar-refractivity contribution >= 4 is 11.6 Å². The fourth-order valence-corrected chi connectivity index (χ4v) is 3.62. The van der Waals surface area contributed by atoms with Crippen molar-refractivity contribution in [1.82, 2.24) is 0 Å². The van der Waals surface area contributed by atoms with Crippen molar-refractivity contribution in [2.45, 2.75) is 38.6 Å². The van der Waals surface area contributed by atoms with Crippen LogP contribution in [-0.4, -0.2) is 18.5 Å². The lowest BCUT2D eigenvalue weighted by Gasteiger charge is -2.36. The van der Waals surface area contributed by atoms with E-state index >= 15 is 0 Å². The second-order valence-electron chi connectivity index (χ2n) is 6.00. The van der Waals surface area contributed by atoms with Crippen LogP contribution in [0.15, 0.2) is 35.3 Å². The first-order valence-electron chi connectivity index (χ1n) is 7.40. The third kappa shape index (κ3) is 2.46. The number of hydrogen-bond donors (Lipinski definition) is 1. The molecule has 2 aliphatic rings. The van der Waals surface area contributed by atoms with Crippen molar-refractivity contribution in [3.05, 3.63) is 30.3 Å². The number of nitrogens with zero attached hydrogens (tertiary/aromatic N) is 2. The highest BCUT2D eigenvalue weighted by molar-refractivity contribution is 5.97. The predicted octanol–water partition coefficient (Wildman–Crippen LogP) is 3.02. The number of aliphatic imine (C=N–C) groups is 1. The average molecular weight is 257 g/mol. The van der Waals surface area contributed by atoms with Gasteiger partial charge in [0.15, 0.2) is 5.96 Å². The van der Waals surface area contributed by atoms with E-state index in [1.54, 1.807) is 0 Å². The molecule has 1 saturated carbocycles. The fourth-order valence-electron chi connectivity index (χ4n) is 3.62. The summed E-state index contributed by atoms with van der Waals surface area (Å²) in [6.45, 7) is 3.23. The van der Waals surface area contributed by atoms with E-state index in [-0.39, 0.29) is 0 Å². The van der Waals surface area contributed by atoms with E-state index in [0.717, 1.165) is 18.4 Å². The zero-order chi connectivity index (χ0) is 13.2. The summed E-state index contributed by atoms with van der Waals surface area (Å²) >= 11 is 0. The van der Waals surface area contributed by atoms with Crippen molar-refractivity contribution in [3.8, 4) is 0 Å². The van der Waals surface area contributed by atoms with Gasteiger partial charge in [0.1, 0.15) is 0 Å². The lowest BCUT2D eigenvalue weighted by Crippen LogP contribution is -2.45. The molecule has 1 aromatic carbocycles. The van der Waals surface area contributed by atoms with Gasteiger partial charge in [-0.2, -0.15) is 0 Å². The topological polar surface area (TPSA) is 41.6 Å². The molecule has 1 aromatic rings. The lowest BCUT2D eigenvalue weighted by molar-refractivity contribution is 0.253. The fraction of sp³-hybridized carbons (Fsp3) is 0.562. The monoisotopic (exact) mass is 257 g/mol. The first kappa shape index (κ1) is 12.5. The molecule has 3 rings (SSSR count). The second-order valence-corrected chi connectivity index (χ2v) is 6.00. The highest BCUT2D eigenvalue weighted by atomic mass is 15.3. The van der Waals surface area contributed by atoms with Gasteiger partial charge in [-0.05, 0) is 36.8 Å². The number of guanidine groups is 1. The maximum Gasteiger partial charge on any atom is 0.196 e. The van der Waals surface area contributed by atoms with E-state index in [0.29, 0.717) is 12.0 Å². The molecule has 0 spiro atoms. The summed E-state index contributed by atoms with van der Waals surface area (Å²) < 4.78 is 0. The molecule has 3 heteroatoms. The highest BCUT2D eigenvalue weighted by Gasteiger charge is 2.35. The summed E-state index contributed by atoms with van der Waals surface area (Å²) in [7, 11) is 0. The Labute approximate surface area is 115 Å². The number of benzene rings is 1. The van der Waals surface area contributed by atoms with Gasteiger partial charge < -0.3 is 10.6 Å². The summed E-state index contributed by atoms with van der Waals surface area (Å²) in [5.74, 6) is 2.27. The largest absolute Gasteiger partial charge is 0.370 e. The SMILES string of the molecule is CC1CCCC(C2CN=C(N)N2c2ccccc2)C1. The molecule has 102 valence electrons. The first-order valence-corrected chi connectivity index (χ1v) is 7.40. The maximum atomic E-state index is 6.12. The molecular formula is C16H23N3. The second kappa shape index (κ2) is 5.24. The van der Waals surface area contributed by atoms with Crippen LogP contribution in [0.3, 0.4) is 0 Å². The minimum absolute atomic E-state index is 0.463. The number of nitrogens with two attached hydrogens (primary N) is 1. The predicted molar refractivity (Wildman–Crippen MR) is 80.3 cm³/mol. The normalized spacial score (nSPS) is 31.3. The van der Waals surface area contributed by atoms with Crippen molar-refractivity contribution < 1.29 is 0 Å². The van der Waals surface area contributed by atoms with Crippen molar-refractivity contribution in [1.29, 1.82) is 0 Å². The zero-order valence-electron chi connectivity index (χ0n) is 11.6. The van der Waals surface area contributed by atoms with Crippen LogP contribution >= 0.6 is 0 Å². The molecular weight excluding hydrogens is 234 g/mol. The van der Waals surface area contributed by atoms with E-state index in [2.05, 4.69) is 41.1 Å². The molecule has 1 aliphatic carbocycles. The molecule has 1 aliphatic heterocycles. The molecule has 0 amide bonds. The Bertz CT molecular complexity index is 454. The minimum Gasteiger partial charge on any atom is -0.370 e. The molecule has 3 nitrogen and oxygen atoms in total. The number of rotatable bonds is 2. The average Bonchev–Trinajstić information content (AvgIpc) is 2.82. The number of anilines is 1. The smallest absolute Gasteiger partial charge is 0.196 e. The summed E-state index contributed by atoms with van der Waals surface area (Å²) in [5.41, 5.74) is 7.30. The van der Waals surface area contributed by atoms with Gasteiger partial charge in [-0.1, -0.05) is 38.0 Å². The van der Waals surface area contributed by atoms with E-state index in [4.69, 9.17) is 5.73 Å². The molecule has 3 unspecified atom stereocenters. The standard InChI is InChI=1S/C16H23N3/c1-12-6-5-7-13(10-12)15-11-18-16(17)19(15)14-8-3-2-4-9-14/h2-4,8-9,12-13,15H,5-7,10-11H2,1H3,(H2,17,18). The van der Waals surface area contributed by atoms with Gasteiger partial charge >= 0.3 is 0 Å². The number of para-hydroxylation sites is 1. The van der Waals surface area contributed by atoms with Gasteiger partial charge in [-0.25, -0.2) is 0 Å². The molecule has 0 aromatic heterocycles. The summed E-state index contributed by atoms with van der Waals surface area (Å²) in [6, 6.07) is 10.9. The molecule has 0 saturated heterocycles. The third-order valence-electron chi connectivity index (χ3n) is 4.57. The van der Waals surface area contributed by atoms with Crippen LogP contribution in [-0.2, 0) is 0 Å². The van der Waals surface area contributed by atoms with E-state index < -0.39 is 0 Å². The molecule has 3 atom stereocenters. The van der Waals surface area contributed by atoms with Crippen molar-refractivity contribution in [3.63, 3.8) is 0 Å². The van der Waals surface area contributed by atoms with Gasteiger partial charge in [0.05, 0.1) is 12.6 Å². The van der Waals surface area contributed by atoms with Gasteiger partial charge in [-0.15, -0.1) is 0 Å². The van der Waals surface area contributed by atoms with Gasteiger partial charge in [0, 0.05) is 5.69 Å². The molecule has 0 bridgehead atoms. The first-order chi connectivity index (χ1) is 9.25. The molecule has 1 heterocycles. The van der Waals surface area contributed by atoms with E-state index in [1.165, 1.54) is 31.4 Å². The molecule has 0 radical (unpaired) electrons. The number of hydrogen-bond acceptors (Lipinski definition) is 3. The van der Waals surface area contributed by atoms with Gasteiger partial charge in [0.2, 0.25) is 0 Å². The maximum absolute atomic E-state index is 6.12. The van der Waals surface area contributed by atoms with Gasteiger partial charge in [0.25, 0.3) is 0 Å². The van der Waals surface area contributed by atoms with E-state index in [1.807, 2.05) is 6.07 Å². The van der Waals surface area contributed by atoms with Crippen molar-refractivity contribution in [2.24, 2.45) is 22.6 Å². The lowest BCUT2D eigenvalue weighted by atomic mass is 9.78. The van der Waals surface area contributed by atoms with Crippen LogP contribution < -0.4 is 10.6 Å². The van der Waals surface area contributed by atoms with Crippen LogP contribution in [0.2, 0.25) is 0 Å². The zero-order valence-corrected chi connectivity index (χ0v) is 11.6. The van der Waals surface area contributed by atoms with Crippen LogP contribution in [0, 0.1) is 11.8 Å². The Balaban J connectivity index is 1.82. The van der Waals surface area contributed by atoms with Crippen LogP contribution in [0.1, 0.15) is 32.6 Å². The van der Waals surface area contributed by atoms with Crippen LogP contribution in [0.4, 0.5) is 5.69 Å². The highest BCUT2D eigenvalue weighted by Crippen LogP contribution is 2.35. The summed E-state index contributed by atoms with van der Waals surface area (Å²) in [4.78, 5) is 6.75. The summed E-state index contributed by atoms with van der Waals surface area (Å²) in [5, 5.41) is 0. The molecule has 19 heavy (non-hydrogen) atoms. The quantitative estimate of drug-likeness (QED) is 0.885. The Hall–Kier alpha value is -1.51. The van der Waals surface area contributed by atoms with E-state index in [9.17, 15) is 0 Å². The molecule has 1 fully saturated rings. The minimum atomic E-state index is 0.463. The molecule has 2 N–H and O–H groups in total. The van der Waals surface area contributed by atoms with Crippen LogP contribution in [0.5, 0.6) is 0 Å². The Morgan fingerprint density at radius 2 is 2.00 bits per heavy atom. The Morgan fingerprint density at radius 3 is 2.74 bits per heavy atom. The third-order valence-corrected chi connectivity index (χ3v) is 4.57. The Kier molecular flexibility index (Phi) is 3.45. The Morgan fingerprint density at radius 1 is 1.21 bits per heavy atom. The van der Waals surface area contributed by atoms with Gasteiger partial charge in [-0.3, -0.25) is 4.99 Å². The summed E-state index contributed by atoms with van der Waals surface area (Å²) in [6.07, 6.45) is 5.37.